The average Bonchev–Trinajstić information content (AvgIpc) is 2.99. The number of aryl methyl sites for hydroxylation is 1. The number of aromatic nitrogens is 2. The molecule has 0 saturated heterocycles. The molecule has 7 heteroatoms. The van der Waals surface area contributed by atoms with Crippen molar-refractivity contribution in [3.8, 4) is 0 Å². The van der Waals surface area contributed by atoms with Gasteiger partial charge in [0.25, 0.3) is 0 Å². The standard InChI is InChI=1S/C17H19F2N3O2/c1-9-13(10(2)22(21-9)17(18)19)8-15(24)20-16-12-6-4-3-5-11(12)7-14(16)23/h3-6,14,16-17,23H,7-8H2,1-2H3,(H,20,24)/t14-,16-/m1/s1. The third-order valence-electron chi connectivity index (χ3n) is 4.52. The molecule has 0 radical (unpaired) electrons. The second kappa shape index (κ2) is 6.32. The summed E-state index contributed by atoms with van der Waals surface area (Å²) < 4.78 is 26.4. The number of aliphatic hydroxyl groups is 1. The summed E-state index contributed by atoms with van der Waals surface area (Å²) in [4.78, 5) is 12.4. The van der Waals surface area contributed by atoms with E-state index in [-0.39, 0.29) is 18.0 Å². The molecule has 2 aromatic rings. The third kappa shape index (κ3) is 2.91. The van der Waals surface area contributed by atoms with Gasteiger partial charge in [0.05, 0.1) is 24.3 Å². The maximum atomic E-state index is 12.9. The Labute approximate surface area is 138 Å². The summed E-state index contributed by atoms with van der Waals surface area (Å²) >= 11 is 0. The number of alkyl halides is 2. The average molecular weight is 335 g/mol. The second-order valence-corrected chi connectivity index (χ2v) is 6.06. The van der Waals surface area contributed by atoms with Crippen molar-refractivity contribution in [2.24, 2.45) is 0 Å². The zero-order valence-electron chi connectivity index (χ0n) is 13.5. The summed E-state index contributed by atoms with van der Waals surface area (Å²) in [6, 6.07) is 7.07. The number of halogens is 2. The number of nitrogens with one attached hydrogen (secondary N) is 1. The molecule has 0 fully saturated rings. The molecule has 0 aliphatic heterocycles. The zero-order chi connectivity index (χ0) is 17.4. The smallest absolute Gasteiger partial charge is 0.333 e. The minimum Gasteiger partial charge on any atom is -0.390 e. The van der Waals surface area contributed by atoms with E-state index in [1.807, 2.05) is 24.3 Å². The van der Waals surface area contributed by atoms with Gasteiger partial charge >= 0.3 is 6.55 Å². The molecule has 3 rings (SSSR count). The van der Waals surface area contributed by atoms with Gasteiger partial charge in [-0.1, -0.05) is 24.3 Å². The quantitative estimate of drug-likeness (QED) is 0.900. The van der Waals surface area contributed by atoms with Gasteiger partial charge in [0, 0.05) is 17.7 Å². The van der Waals surface area contributed by atoms with E-state index in [1.165, 1.54) is 6.92 Å². The molecule has 2 atom stereocenters. The topological polar surface area (TPSA) is 67.2 Å². The number of amides is 1. The van der Waals surface area contributed by atoms with E-state index in [2.05, 4.69) is 10.4 Å². The Morgan fingerprint density at radius 1 is 1.42 bits per heavy atom. The fourth-order valence-electron chi connectivity index (χ4n) is 3.28. The van der Waals surface area contributed by atoms with E-state index in [9.17, 15) is 18.7 Å². The lowest BCUT2D eigenvalue weighted by Gasteiger charge is -2.18. The van der Waals surface area contributed by atoms with Crippen LogP contribution in [0.4, 0.5) is 8.78 Å². The summed E-state index contributed by atoms with van der Waals surface area (Å²) in [6.07, 6.45) is -0.240. The van der Waals surface area contributed by atoms with Crippen LogP contribution >= 0.6 is 0 Å². The Morgan fingerprint density at radius 3 is 2.79 bits per heavy atom. The van der Waals surface area contributed by atoms with Crippen LogP contribution in [0.25, 0.3) is 0 Å². The van der Waals surface area contributed by atoms with Crippen molar-refractivity contribution in [3.63, 3.8) is 0 Å². The van der Waals surface area contributed by atoms with Crippen molar-refractivity contribution in [1.82, 2.24) is 15.1 Å². The highest BCUT2D eigenvalue weighted by atomic mass is 19.3. The molecular formula is C17H19F2N3O2. The van der Waals surface area contributed by atoms with Crippen LogP contribution in [0, 0.1) is 13.8 Å². The first-order valence-electron chi connectivity index (χ1n) is 7.76. The fourth-order valence-corrected chi connectivity index (χ4v) is 3.28. The van der Waals surface area contributed by atoms with Crippen LogP contribution in [-0.4, -0.2) is 26.9 Å². The molecule has 128 valence electrons. The Bertz CT molecular complexity index is 773. The highest BCUT2D eigenvalue weighted by molar-refractivity contribution is 5.79. The minimum absolute atomic E-state index is 0.0459. The number of fused-ring (bicyclic) bond motifs is 1. The van der Waals surface area contributed by atoms with Crippen LogP contribution in [0.2, 0.25) is 0 Å². The van der Waals surface area contributed by atoms with E-state index >= 15 is 0 Å². The monoisotopic (exact) mass is 335 g/mol. The summed E-state index contributed by atoms with van der Waals surface area (Å²) in [6.45, 7) is 0.395. The normalized spacial score (nSPS) is 19.6. The van der Waals surface area contributed by atoms with Gasteiger partial charge in [-0.05, 0) is 25.0 Å². The molecule has 0 unspecified atom stereocenters. The molecule has 5 nitrogen and oxygen atoms in total. The summed E-state index contributed by atoms with van der Waals surface area (Å²) in [5, 5.41) is 16.8. The van der Waals surface area contributed by atoms with Crippen LogP contribution in [0.15, 0.2) is 24.3 Å². The maximum absolute atomic E-state index is 12.9. The van der Waals surface area contributed by atoms with Crippen molar-refractivity contribution < 1.29 is 18.7 Å². The van der Waals surface area contributed by atoms with E-state index in [1.54, 1.807) is 6.92 Å². The largest absolute Gasteiger partial charge is 0.390 e. The molecular weight excluding hydrogens is 316 g/mol. The van der Waals surface area contributed by atoms with Gasteiger partial charge in [-0.3, -0.25) is 4.79 Å². The minimum atomic E-state index is -2.73. The lowest BCUT2D eigenvalue weighted by molar-refractivity contribution is -0.122. The van der Waals surface area contributed by atoms with Gasteiger partial charge in [-0.25, -0.2) is 4.68 Å². The van der Waals surface area contributed by atoms with Crippen molar-refractivity contribution in [2.45, 2.75) is 45.4 Å². The number of hydrogen-bond donors (Lipinski definition) is 2. The van der Waals surface area contributed by atoms with Gasteiger partial charge in [-0.2, -0.15) is 13.9 Å². The number of hydrogen-bond acceptors (Lipinski definition) is 3. The molecule has 0 saturated carbocycles. The van der Waals surface area contributed by atoms with Gasteiger partial charge in [-0.15, -0.1) is 0 Å². The fraction of sp³-hybridized carbons (Fsp3) is 0.412. The Balaban J connectivity index is 1.75. The van der Waals surface area contributed by atoms with E-state index in [0.717, 1.165) is 11.1 Å². The first kappa shape index (κ1) is 16.6. The van der Waals surface area contributed by atoms with Gasteiger partial charge in [0.1, 0.15) is 0 Å². The zero-order valence-corrected chi connectivity index (χ0v) is 13.5. The van der Waals surface area contributed by atoms with Crippen LogP contribution in [0.5, 0.6) is 0 Å². The van der Waals surface area contributed by atoms with Gasteiger partial charge in [0.15, 0.2) is 0 Å². The second-order valence-electron chi connectivity index (χ2n) is 6.06. The Kier molecular flexibility index (Phi) is 4.36. The van der Waals surface area contributed by atoms with E-state index in [4.69, 9.17) is 0 Å². The van der Waals surface area contributed by atoms with Gasteiger partial charge < -0.3 is 10.4 Å². The molecule has 24 heavy (non-hydrogen) atoms. The van der Waals surface area contributed by atoms with Crippen LogP contribution < -0.4 is 5.32 Å². The SMILES string of the molecule is Cc1nn(C(F)F)c(C)c1CC(=O)N[C@@H]1c2ccccc2C[C@H]1O. The molecule has 1 aromatic carbocycles. The predicted octanol–water partition coefficient (Wildman–Crippen LogP) is 2.21. The Hall–Kier alpha value is -2.28. The molecule has 0 spiro atoms. The number of rotatable bonds is 4. The van der Waals surface area contributed by atoms with Crippen molar-refractivity contribution in [2.75, 3.05) is 0 Å². The van der Waals surface area contributed by atoms with Crippen LogP contribution in [0.1, 0.15) is 40.7 Å². The van der Waals surface area contributed by atoms with E-state index < -0.39 is 18.7 Å². The predicted molar refractivity (Wildman–Crippen MR) is 83.7 cm³/mol. The number of benzene rings is 1. The first-order valence-corrected chi connectivity index (χ1v) is 7.76. The number of carbonyl (C=O) groups excluding carboxylic acids is 1. The number of carbonyl (C=O) groups is 1. The van der Waals surface area contributed by atoms with Crippen LogP contribution in [-0.2, 0) is 17.6 Å². The summed E-state index contributed by atoms with van der Waals surface area (Å²) in [7, 11) is 0. The van der Waals surface area contributed by atoms with E-state index in [0.29, 0.717) is 22.4 Å². The highest BCUT2D eigenvalue weighted by Gasteiger charge is 2.32. The first-order chi connectivity index (χ1) is 11.4. The van der Waals surface area contributed by atoms with Crippen molar-refractivity contribution in [1.29, 1.82) is 0 Å². The molecule has 2 N–H and O–H groups in total. The Morgan fingerprint density at radius 2 is 2.12 bits per heavy atom. The van der Waals surface area contributed by atoms with Crippen molar-refractivity contribution in [3.05, 3.63) is 52.3 Å². The summed E-state index contributed by atoms with van der Waals surface area (Å²) in [5.41, 5.74) is 3.09. The lowest BCUT2D eigenvalue weighted by atomic mass is 10.1. The number of nitrogens with zero attached hydrogens (tertiary/aromatic N) is 2. The third-order valence-corrected chi connectivity index (χ3v) is 4.52. The molecule has 1 aliphatic rings. The number of aliphatic hydroxyl groups excluding tert-OH is 1. The molecule has 0 bridgehead atoms. The highest BCUT2D eigenvalue weighted by Crippen LogP contribution is 2.31. The van der Waals surface area contributed by atoms with Gasteiger partial charge in [0.2, 0.25) is 5.91 Å². The maximum Gasteiger partial charge on any atom is 0.333 e. The van der Waals surface area contributed by atoms with Crippen LogP contribution in [0.3, 0.4) is 0 Å². The molecule has 1 aliphatic carbocycles. The molecule has 1 aromatic heterocycles. The lowest BCUT2D eigenvalue weighted by Crippen LogP contribution is -2.35. The summed E-state index contributed by atoms with van der Waals surface area (Å²) in [5.74, 6) is -0.323. The molecule has 1 heterocycles. The molecule has 1 amide bonds. The van der Waals surface area contributed by atoms with Crippen molar-refractivity contribution >= 4 is 5.91 Å².